The van der Waals surface area contributed by atoms with Crippen LogP contribution in [0.4, 0.5) is 0 Å². The monoisotopic (exact) mass is 220 g/mol. The van der Waals surface area contributed by atoms with Gasteiger partial charge in [0.25, 0.3) is 0 Å². The van der Waals surface area contributed by atoms with E-state index in [4.69, 9.17) is 23.2 Å². The summed E-state index contributed by atoms with van der Waals surface area (Å²) in [5.74, 6) is 1.02. The molecule has 0 radical (unpaired) electrons. The minimum absolute atomic E-state index is 0.439. The largest absolute Gasteiger partial charge is 0.256 e. The highest BCUT2D eigenvalue weighted by molar-refractivity contribution is 6.31. The summed E-state index contributed by atoms with van der Waals surface area (Å²) < 4.78 is 1.68. The van der Waals surface area contributed by atoms with Gasteiger partial charge in [0.2, 0.25) is 0 Å². The summed E-state index contributed by atoms with van der Waals surface area (Å²) in [6.45, 7) is 4.31. The molecule has 0 spiro atoms. The summed E-state index contributed by atoms with van der Waals surface area (Å²) in [6.07, 6.45) is 0.933. The van der Waals surface area contributed by atoms with Crippen molar-refractivity contribution in [2.45, 2.75) is 26.1 Å². The number of hydrogen-bond donors (Lipinski definition) is 0. The Hall–Kier alpha value is -0.210. The molecule has 0 amide bonds. The number of nitrogens with zero attached hydrogens (tertiary/aromatic N) is 2. The fraction of sp³-hybridized carbons (Fsp3) is 0.667. The van der Waals surface area contributed by atoms with Crippen LogP contribution in [0.5, 0.6) is 0 Å². The van der Waals surface area contributed by atoms with Crippen molar-refractivity contribution in [1.29, 1.82) is 0 Å². The highest BCUT2D eigenvalue weighted by atomic mass is 35.5. The van der Waals surface area contributed by atoms with Gasteiger partial charge in [-0.3, -0.25) is 4.68 Å². The lowest BCUT2D eigenvalue weighted by atomic mass is 10.1. The molecule has 1 aromatic heterocycles. The van der Waals surface area contributed by atoms with Crippen molar-refractivity contribution in [2.75, 3.05) is 0 Å². The van der Waals surface area contributed by atoms with Crippen LogP contribution < -0.4 is 0 Å². The Morgan fingerprint density at radius 2 is 2.08 bits per heavy atom. The van der Waals surface area contributed by atoms with Crippen LogP contribution >= 0.6 is 23.2 Å². The Balaban J connectivity index is 2.99. The molecule has 0 fully saturated rings. The predicted molar refractivity (Wildman–Crippen MR) is 56.3 cm³/mol. The third-order valence-electron chi connectivity index (χ3n) is 1.89. The van der Waals surface area contributed by atoms with E-state index in [0.29, 0.717) is 17.0 Å². The van der Waals surface area contributed by atoms with E-state index < -0.39 is 0 Å². The van der Waals surface area contributed by atoms with Crippen molar-refractivity contribution < 1.29 is 0 Å². The second-order valence-corrected chi connectivity index (χ2v) is 4.20. The molecule has 0 aromatic carbocycles. The van der Waals surface area contributed by atoms with Crippen molar-refractivity contribution in [2.24, 2.45) is 13.0 Å². The van der Waals surface area contributed by atoms with Crippen LogP contribution in [0.15, 0.2) is 0 Å². The van der Waals surface area contributed by atoms with E-state index >= 15 is 0 Å². The lowest BCUT2D eigenvalue weighted by Gasteiger charge is -2.01. The SMILES string of the molecule is CC(C)Cc1nn(C)c(Cl)c1CCl. The van der Waals surface area contributed by atoms with E-state index in [9.17, 15) is 0 Å². The van der Waals surface area contributed by atoms with Gasteiger partial charge in [0.1, 0.15) is 5.15 Å². The average molecular weight is 221 g/mol. The van der Waals surface area contributed by atoms with Gasteiger partial charge in [-0.05, 0) is 12.3 Å². The van der Waals surface area contributed by atoms with Gasteiger partial charge in [-0.15, -0.1) is 11.6 Å². The quantitative estimate of drug-likeness (QED) is 0.717. The summed E-state index contributed by atoms with van der Waals surface area (Å²) in [5.41, 5.74) is 2.00. The number of halogens is 2. The Morgan fingerprint density at radius 1 is 1.46 bits per heavy atom. The van der Waals surface area contributed by atoms with Gasteiger partial charge in [-0.1, -0.05) is 25.4 Å². The van der Waals surface area contributed by atoms with E-state index in [-0.39, 0.29) is 0 Å². The molecule has 1 aromatic rings. The molecule has 4 heteroatoms. The molecule has 0 unspecified atom stereocenters. The molecule has 0 saturated carbocycles. The molecule has 0 aliphatic rings. The number of aromatic nitrogens is 2. The van der Waals surface area contributed by atoms with Crippen molar-refractivity contribution in [3.63, 3.8) is 0 Å². The van der Waals surface area contributed by atoms with Gasteiger partial charge in [-0.25, -0.2) is 0 Å². The van der Waals surface area contributed by atoms with E-state index in [1.54, 1.807) is 4.68 Å². The first-order valence-corrected chi connectivity index (χ1v) is 5.23. The zero-order valence-corrected chi connectivity index (χ0v) is 9.65. The van der Waals surface area contributed by atoms with E-state index in [1.807, 2.05) is 7.05 Å². The Morgan fingerprint density at radius 3 is 2.54 bits per heavy atom. The van der Waals surface area contributed by atoms with E-state index in [0.717, 1.165) is 17.7 Å². The van der Waals surface area contributed by atoms with Gasteiger partial charge in [-0.2, -0.15) is 5.10 Å². The maximum Gasteiger partial charge on any atom is 0.131 e. The number of hydrogen-bond acceptors (Lipinski definition) is 1. The van der Waals surface area contributed by atoms with Crippen LogP contribution in [-0.2, 0) is 19.3 Å². The van der Waals surface area contributed by atoms with Crippen molar-refractivity contribution in [1.82, 2.24) is 9.78 Å². The second-order valence-electron chi connectivity index (χ2n) is 3.57. The molecule has 0 bridgehead atoms. The number of rotatable bonds is 3. The van der Waals surface area contributed by atoms with Crippen molar-refractivity contribution in [3.8, 4) is 0 Å². The molecule has 1 rings (SSSR count). The average Bonchev–Trinajstić information content (AvgIpc) is 2.27. The lowest BCUT2D eigenvalue weighted by Crippen LogP contribution is -1.98. The summed E-state index contributed by atoms with van der Waals surface area (Å²) >= 11 is 11.8. The summed E-state index contributed by atoms with van der Waals surface area (Å²) in [7, 11) is 1.84. The highest BCUT2D eigenvalue weighted by Gasteiger charge is 2.13. The molecule has 0 atom stereocenters. The Labute approximate surface area is 88.8 Å². The maximum absolute atomic E-state index is 6.01. The van der Waals surface area contributed by atoms with Gasteiger partial charge in [0, 0.05) is 12.6 Å². The fourth-order valence-electron chi connectivity index (χ4n) is 1.28. The molecule has 0 aliphatic heterocycles. The minimum atomic E-state index is 0.439. The standard InChI is InChI=1S/C9H14Cl2N2/c1-6(2)4-8-7(5-10)9(11)13(3)12-8/h6H,4-5H2,1-3H3. The number of alkyl halides is 1. The molecule has 2 nitrogen and oxygen atoms in total. The van der Waals surface area contributed by atoms with Gasteiger partial charge >= 0.3 is 0 Å². The molecule has 0 saturated heterocycles. The first kappa shape index (κ1) is 10.9. The first-order chi connectivity index (χ1) is 6.06. The first-order valence-electron chi connectivity index (χ1n) is 4.32. The van der Waals surface area contributed by atoms with Crippen LogP contribution in [0.2, 0.25) is 5.15 Å². The van der Waals surface area contributed by atoms with E-state index in [2.05, 4.69) is 18.9 Å². The van der Waals surface area contributed by atoms with Crippen LogP contribution in [0.3, 0.4) is 0 Å². The van der Waals surface area contributed by atoms with E-state index in [1.165, 1.54) is 0 Å². The zero-order chi connectivity index (χ0) is 10.0. The molecule has 0 N–H and O–H groups in total. The summed E-state index contributed by atoms with van der Waals surface area (Å²) in [6, 6.07) is 0. The second kappa shape index (κ2) is 4.34. The van der Waals surface area contributed by atoms with Crippen molar-refractivity contribution in [3.05, 3.63) is 16.4 Å². The number of aryl methyl sites for hydroxylation is 1. The maximum atomic E-state index is 6.01. The summed E-state index contributed by atoms with van der Waals surface area (Å²) in [5, 5.41) is 4.98. The van der Waals surface area contributed by atoms with Crippen LogP contribution in [0.1, 0.15) is 25.1 Å². The molecular weight excluding hydrogens is 207 g/mol. The molecule has 74 valence electrons. The van der Waals surface area contributed by atoms with Crippen LogP contribution in [-0.4, -0.2) is 9.78 Å². The molecule has 1 heterocycles. The Bertz CT molecular complexity index is 292. The van der Waals surface area contributed by atoms with Gasteiger partial charge < -0.3 is 0 Å². The minimum Gasteiger partial charge on any atom is -0.256 e. The smallest absolute Gasteiger partial charge is 0.131 e. The topological polar surface area (TPSA) is 17.8 Å². The van der Waals surface area contributed by atoms with Gasteiger partial charge in [0.15, 0.2) is 0 Å². The summed E-state index contributed by atoms with van der Waals surface area (Å²) in [4.78, 5) is 0. The third-order valence-corrected chi connectivity index (χ3v) is 2.63. The molecule has 13 heavy (non-hydrogen) atoms. The highest BCUT2D eigenvalue weighted by Crippen LogP contribution is 2.23. The van der Waals surface area contributed by atoms with Crippen LogP contribution in [0.25, 0.3) is 0 Å². The van der Waals surface area contributed by atoms with Crippen molar-refractivity contribution >= 4 is 23.2 Å². The molecular formula is C9H14Cl2N2. The Kier molecular flexibility index (Phi) is 3.63. The fourth-order valence-corrected chi connectivity index (χ4v) is 1.85. The van der Waals surface area contributed by atoms with Crippen LogP contribution in [0, 0.1) is 5.92 Å². The zero-order valence-electron chi connectivity index (χ0n) is 8.14. The third kappa shape index (κ3) is 2.38. The lowest BCUT2D eigenvalue weighted by molar-refractivity contribution is 0.619. The normalized spacial score (nSPS) is 11.2. The predicted octanol–water partition coefficient (Wildman–Crippen LogP) is 3.01. The molecule has 0 aliphatic carbocycles. The van der Waals surface area contributed by atoms with Gasteiger partial charge in [0.05, 0.1) is 11.6 Å².